The molecule has 1 atom stereocenters. The first-order chi connectivity index (χ1) is 13.5. The van der Waals surface area contributed by atoms with Gasteiger partial charge in [0.25, 0.3) is 5.69 Å². The van der Waals surface area contributed by atoms with Crippen molar-refractivity contribution in [3.63, 3.8) is 0 Å². The highest BCUT2D eigenvalue weighted by Crippen LogP contribution is 2.26. The van der Waals surface area contributed by atoms with Crippen LogP contribution in [0.4, 0.5) is 11.5 Å². The number of nitrogens with zero attached hydrogens (tertiary/aromatic N) is 5. The van der Waals surface area contributed by atoms with Gasteiger partial charge in [0.15, 0.2) is 0 Å². The second-order valence-corrected chi connectivity index (χ2v) is 6.61. The fraction of sp³-hybridized carbons (Fsp3) is 0.143. The van der Waals surface area contributed by atoms with Crippen LogP contribution in [-0.4, -0.2) is 26.5 Å². The Hall–Kier alpha value is -3.74. The maximum atomic E-state index is 10.8. The van der Waals surface area contributed by atoms with Crippen molar-refractivity contribution < 1.29 is 4.92 Å². The molecule has 0 N–H and O–H groups in total. The van der Waals surface area contributed by atoms with E-state index in [1.54, 1.807) is 6.07 Å². The van der Waals surface area contributed by atoms with Gasteiger partial charge in [0.2, 0.25) is 0 Å². The summed E-state index contributed by atoms with van der Waals surface area (Å²) >= 11 is 0. The van der Waals surface area contributed by atoms with E-state index in [0.29, 0.717) is 5.82 Å². The Morgan fingerprint density at radius 3 is 2.46 bits per heavy atom. The molecule has 140 valence electrons. The SMILES string of the molecule is C[C@H](c1ccc(-n2cnc3ccccc32)cc1)N(C)c1ccc([N+](=O)[O-])cn1. The first kappa shape index (κ1) is 17.7. The molecule has 0 amide bonds. The number of nitro groups is 1. The van der Waals surface area contributed by atoms with Crippen LogP contribution in [0.1, 0.15) is 18.5 Å². The van der Waals surface area contributed by atoms with Crippen molar-refractivity contribution in [2.75, 3.05) is 11.9 Å². The summed E-state index contributed by atoms with van der Waals surface area (Å²) in [6.07, 6.45) is 3.11. The van der Waals surface area contributed by atoms with Gasteiger partial charge >= 0.3 is 0 Å². The molecule has 0 aliphatic rings. The van der Waals surface area contributed by atoms with E-state index in [1.807, 2.05) is 42.5 Å². The molecule has 0 bridgehead atoms. The van der Waals surface area contributed by atoms with E-state index >= 15 is 0 Å². The van der Waals surface area contributed by atoms with Crippen LogP contribution in [-0.2, 0) is 0 Å². The second kappa shape index (κ2) is 7.11. The summed E-state index contributed by atoms with van der Waals surface area (Å²) in [4.78, 5) is 21.0. The van der Waals surface area contributed by atoms with Crippen molar-refractivity contribution in [2.24, 2.45) is 0 Å². The topological polar surface area (TPSA) is 77.1 Å². The number of hydrogen-bond donors (Lipinski definition) is 0. The van der Waals surface area contributed by atoms with E-state index in [-0.39, 0.29) is 11.7 Å². The van der Waals surface area contributed by atoms with E-state index in [9.17, 15) is 10.1 Å². The summed E-state index contributed by atoms with van der Waals surface area (Å²) in [6, 6.07) is 19.5. The van der Waals surface area contributed by atoms with Gasteiger partial charge in [0.05, 0.1) is 22.0 Å². The smallest absolute Gasteiger partial charge is 0.287 e. The lowest BCUT2D eigenvalue weighted by molar-refractivity contribution is -0.385. The lowest BCUT2D eigenvalue weighted by Gasteiger charge is -2.26. The number of pyridine rings is 1. The molecule has 0 aliphatic carbocycles. The standard InChI is InChI=1S/C21H19N5O2/c1-15(24(2)21-12-11-18(13-22-21)26(27)28)16-7-9-17(10-8-16)25-14-23-19-5-3-4-6-20(19)25/h3-15H,1-2H3/t15-/m1/s1. The summed E-state index contributed by atoms with van der Waals surface area (Å²) in [7, 11) is 1.93. The van der Waals surface area contributed by atoms with Crippen molar-refractivity contribution in [3.8, 4) is 5.69 Å². The number of para-hydroxylation sites is 2. The van der Waals surface area contributed by atoms with Crippen LogP contribution in [0.3, 0.4) is 0 Å². The zero-order chi connectivity index (χ0) is 19.7. The Bertz CT molecular complexity index is 1120. The summed E-state index contributed by atoms with van der Waals surface area (Å²) in [6.45, 7) is 2.07. The van der Waals surface area contributed by atoms with E-state index in [1.165, 1.54) is 12.3 Å². The number of benzene rings is 2. The fourth-order valence-electron chi connectivity index (χ4n) is 3.20. The van der Waals surface area contributed by atoms with Gasteiger partial charge in [-0.15, -0.1) is 0 Å². The Balaban J connectivity index is 1.56. The van der Waals surface area contributed by atoms with Gasteiger partial charge in [-0.2, -0.15) is 0 Å². The van der Waals surface area contributed by atoms with Crippen LogP contribution in [0.15, 0.2) is 73.2 Å². The third kappa shape index (κ3) is 3.18. The second-order valence-electron chi connectivity index (χ2n) is 6.61. The molecule has 2 aromatic heterocycles. The summed E-state index contributed by atoms with van der Waals surface area (Å²) in [5.74, 6) is 0.683. The van der Waals surface area contributed by atoms with Gasteiger partial charge in [-0.1, -0.05) is 24.3 Å². The quantitative estimate of drug-likeness (QED) is 0.379. The van der Waals surface area contributed by atoms with Gasteiger partial charge in [-0.3, -0.25) is 14.7 Å². The lowest BCUT2D eigenvalue weighted by Crippen LogP contribution is -2.22. The first-order valence-corrected chi connectivity index (χ1v) is 8.90. The van der Waals surface area contributed by atoms with Gasteiger partial charge in [-0.25, -0.2) is 9.97 Å². The van der Waals surface area contributed by atoms with Crippen molar-refractivity contribution in [2.45, 2.75) is 13.0 Å². The van der Waals surface area contributed by atoms with Crippen LogP contribution >= 0.6 is 0 Å². The number of imidazole rings is 1. The molecule has 0 aliphatic heterocycles. The molecule has 2 aromatic carbocycles. The summed E-state index contributed by atoms with van der Waals surface area (Å²) in [5.41, 5.74) is 4.18. The molecule has 0 saturated heterocycles. The molecule has 0 spiro atoms. The molecule has 0 saturated carbocycles. The Morgan fingerprint density at radius 1 is 1.04 bits per heavy atom. The zero-order valence-corrected chi connectivity index (χ0v) is 15.6. The summed E-state index contributed by atoms with van der Waals surface area (Å²) in [5, 5.41) is 10.8. The Labute approximate surface area is 162 Å². The largest absolute Gasteiger partial charge is 0.353 e. The number of aromatic nitrogens is 3. The lowest BCUT2D eigenvalue weighted by atomic mass is 10.1. The van der Waals surface area contributed by atoms with E-state index in [4.69, 9.17) is 0 Å². The van der Waals surface area contributed by atoms with Crippen LogP contribution in [0.25, 0.3) is 16.7 Å². The fourth-order valence-corrected chi connectivity index (χ4v) is 3.20. The molecule has 28 heavy (non-hydrogen) atoms. The number of rotatable bonds is 5. The van der Waals surface area contributed by atoms with Gasteiger partial charge in [-0.05, 0) is 42.8 Å². The summed E-state index contributed by atoms with van der Waals surface area (Å²) < 4.78 is 2.06. The average molecular weight is 373 g/mol. The number of hydrogen-bond acceptors (Lipinski definition) is 5. The van der Waals surface area contributed by atoms with Crippen molar-refractivity contribution in [1.82, 2.24) is 14.5 Å². The highest BCUT2D eigenvalue weighted by Gasteiger charge is 2.15. The predicted octanol–water partition coefficient (Wildman–Crippen LogP) is 4.53. The third-order valence-electron chi connectivity index (χ3n) is 4.99. The minimum absolute atomic E-state index is 0.0123. The molecule has 0 radical (unpaired) electrons. The van der Waals surface area contributed by atoms with Gasteiger partial charge < -0.3 is 4.90 Å². The van der Waals surface area contributed by atoms with Gasteiger partial charge in [0, 0.05) is 18.8 Å². The maximum Gasteiger partial charge on any atom is 0.287 e. The molecule has 4 rings (SSSR count). The monoisotopic (exact) mass is 373 g/mol. The first-order valence-electron chi connectivity index (χ1n) is 8.90. The minimum Gasteiger partial charge on any atom is -0.353 e. The Morgan fingerprint density at radius 2 is 1.79 bits per heavy atom. The van der Waals surface area contributed by atoms with Crippen molar-refractivity contribution >= 4 is 22.5 Å². The average Bonchev–Trinajstić information content (AvgIpc) is 3.17. The Kier molecular flexibility index (Phi) is 4.49. The zero-order valence-electron chi connectivity index (χ0n) is 15.6. The highest BCUT2D eigenvalue weighted by molar-refractivity contribution is 5.77. The van der Waals surface area contributed by atoms with Crippen molar-refractivity contribution in [3.05, 3.63) is 88.9 Å². The molecule has 4 aromatic rings. The number of fused-ring (bicyclic) bond motifs is 1. The highest BCUT2D eigenvalue weighted by atomic mass is 16.6. The maximum absolute atomic E-state index is 10.8. The molecule has 0 unspecified atom stereocenters. The van der Waals surface area contributed by atoms with Crippen LogP contribution in [0, 0.1) is 10.1 Å². The molecule has 7 heteroatoms. The molecular weight excluding hydrogens is 354 g/mol. The molecule has 2 heterocycles. The van der Waals surface area contributed by atoms with Gasteiger partial charge in [0.1, 0.15) is 18.3 Å². The predicted molar refractivity (Wildman–Crippen MR) is 109 cm³/mol. The minimum atomic E-state index is -0.446. The van der Waals surface area contributed by atoms with Crippen molar-refractivity contribution in [1.29, 1.82) is 0 Å². The molecule has 7 nitrogen and oxygen atoms in total. The normalized spacial score (nSPS) is 12.1. The van der Waals surface area contributed by atoms with Crippen LogP contribution in [0.5, 0.6) is 0 Å². The third-order valence-corrected chi connectivity index (χ3v) is 4.99. The number of anilines is 1. The van der Waals surface area contributed by atoms with E-state index < -0.39 is 4.92 Å². The molecule has 0 fully saturated rings. The molecular formula is C21H19N5O2. The van der Waals surface area contributed by atoms with Crippen LogP contribution in [0.2, 0.25) is 0 Å². The van der Waals surface area contributed by atoms with E-state index in [0.717, 1.165) is 22.3 Å². The van der Waals surface area contributed by atoms with E-state index in [2.05, 4.69) is 45.7 Å². The van der Waals surface area contributed by atoms with Crippen LogP contribution < -0.4 is 4.90 Å².